The van der Waals surface area contributed by atoms with Crippen LogP contribution in [0.1, 0.15) is 51.8 Å². The first-order chi connectivity index (χ1) is 9.06. The van der Waals surface area contributed by atoms with E-state index >= 15 is 0 Å². The Morgan fingerprint density at radius 3 is 2.58 bits per heavy atom. The van der Waals surface area contributed by atoms with Crippen molar-refractivity contribution in [1.29, 1.82) is 0 Å². The van der Waals surface area contributed by atoms with Gasteiger partial charge in [-0.2, -0.15) is 0 Å². The summed E-state index contributed by atoms with van der Waals surface area (Å²) in [6.45, 7) is 11.2. The highest BCUT2D eigenvalue weighted by atomic mass is 16.3. The van der Waals surface area contributed by atoms with Crippen LogP contribution in [0.2, 0.25) is 0 Å². The minimum Gasteiger partial charge on any atom is -0.468 e. The summed E-state index contributed by atoms with van der Waals surface area (Å²) in [6, 6.07) is 4.49. The third-order valence-corrected chi connectivity index (χ3v) is 3.70. The van der Waals surface area contributed by atoms with Gasteiger partial charge in [0.1, 0.15) is 5.76 Å². The summed E-state index contributed by atoms with van der Waals surface area (Å²) in [6.07, 6.45) is 5.79. The Labute approximate surface area is 117 Å². The molecule has 0 aliphatic carbocycles. The fourth-order valence-electron chi connectivity index (χ4n) is 2.70. The molecule has 1 aromatic heterocycles. The van der Waals surface area contributed by atoms with Gasteiger partial charge in [0.05, 0.1) is 12.3 Å². The van der Waals surface area contributed by atoms with E-state index in [2.05, 4.69) is 37.1 Å². The molecule has 2 heterocycles. The number of nitrogens with zero attached hydrogens (tertiary/aromatic N) is 1. The van der Waals surface area contributed by atoms with Gasteiger partial charge in [-0.25, -0.2) is 0 Å². The molecule has 3 nitrogen and oxygen atoms in total. The maximum Gasteiger partial charge on any atom is 0.122 e. The Morgan fingerprint density at radius 2 is 2.00 bits per heavy atom. The van der Waals surface area contributed by atoms with Crippen LogP contribution in [0.25, 0.3) is 0 Å². The van der Waals surface area contributed by atoms with E-state index in [0.717, 1.165) is 18.8 Å². The molecule has 1 atom stereocenters. The molecule has 0 aromatic carbocycles. The van der Waals surface area contributed by atoms with Crippen molar-refractivity contribution in [1.82, 2.24) is 10.2 Å². The average molecular weight is 264 g/mol. The topological polar surface area (TPSA) is 28.4 Å². The van der Waals surface area contributed by atoms with Crippen molar-refractivity contribution in [3.8, 4) is 0 Å². The van der Waals surface area contributed by atoms with Crippen molar-refractivity contribution in [2.45, 2.75) is 46.1 Å². The van der Waals surface area contributed by atoms with Gasteiger partial charge in [0.15, 0.2) is 0 Å². The summed E-state index contributed by atoms with van der Waals surface area (Å²) >= 11 is 0. The molecule has 19 heavy (non-hydrogen) atoms. The van der Waals surface area contributed by atoms with Crippen LogP contribution in [0.3, 0.4) is 0 Å². The van der Waals surface area contributed by atoms with Gasteiger partial charge in [0, 0.05) is 13.1 Å². The second-order valence-corrected chi connectivity index (χ2v) is 6.82. The first kappa shape index (κ1) is 14.6. The zero-order valence-corrected chi connectivity index (χ0v) is 12.6. The average Bonchev–Trinajstić information content (AvgIpc) is 2.88. The van der Waals surface area contributed by atoms with Crippen molar-refractivity contribution in [3.05, 3.63) is 24.2 Å². The molecule has 3 heteroatoms. The number of hydrogen-bond acceptors (Lipinski definition) is 3. The molecular weight excluding hydrogens is 236 g/mol. The smallest absolute Gasteiger partial charge is 0.122 e. The highest BCUT2D eigenvalue weighted by Crippen LogP contribution is 2.24. The molecule has 1 N–H and O–H groups in total. The number of hydrogen-bond donors (Lipinski definition) is 1. The fraction of sp³-hybridized carbons (Fsp3) is 0.750. The van der Waals surface area contributed by atoms with Crippen molar-refractivity contribution in [3.63, 3.8) is 0 Å². The van der Waals surface area contributed by atoms with Gasteiger partial charge in [0.25, 0.3) is 0 Å². The highest BCUT2D eigenvalue weighted by molar-refractivity contribution is 5.06. The summed E-state index contributed by atoms with van der Waals surface area (Å²) in [5.74, 6) is 1.10. The van der Waals surface area contributed by atoms with Gasteiger partial charge >= 0.3 is 0 Å². The van der Waals surface area contributed by atoms with E-state index in [4.69, 9.17) is 4.42 Å². The first-order valence-corrected chi connectivity index (χ1v) is 7.54. The molecule has 0 bridgehead atoms. The van der Waals surface area contributed by atoms with Gasteiger partial charge in [0.2, 0.25) is 0 Å². The Hall–Kier alpha value is -0.800. The fourth-order valence-corrected chi connectivity index (χ4v) is 2.70. The lowest BCUT2D eigenvalue weighted by atomic mass is 9.97. The zero-order valence-electron chi connectivity index (χ0n) is 12.6. The molecule has 0 saturated carbocycles. The highest BCUT2D eigenvalue weighted by Gasteiger charge is 2.24. The number of piperidine rings is 1. The summed E-state index contributed by atoms with van der Waals surface area (Å²) in [4.78, 5) is 2.57. The predicted octanol–water partition coefficient (Wildman–Crippen LogP) is 3.44. The third kappa shape index (κ3) is 4.66. The minimum absolute atomic E-state index is 0.329. The second-order valence-electron chi connectivity index (χ2n) is 6.82. The molecule has 108 valence electrons. The van der Waals surface area contributed by atoms with Gasteiger partial charge < -0.3 is 9.73 Å². The van der Waals surface area contributed by atoms with Gasteiger partial charge in [-0.3, -0.25) is 4.90 Å². The van der Waals surface area contributed by atoms with E-state index in [1.54, 1.807) is 6.26 Å². The summed E-state index contributed by atoms with van der Waals surface area (Å²) < 4.78 is 5.65. The van der Waals surface area contributed by atoms with Gasteiger partial charge in [-0.05, 0) is 43.5 Å². The Morgan fingerprint density at radius 1 is 1.26 bits per heavy atom. The van der Waals surface area contributed by atoms with Crippen LogP contribution in [0.5, 0.6) is 0 Å². The van der Waals surface area contributed by atoms with Crippen LogP contribution in [-0.2, 0) is 0 Å². The van der Waals surface area contributed by atoms with E-state index in [1.807, 2.05) is 6.07 Å². The van der Waals surface area contributed by atoms with Crippen LogP contribution >= 0.6 is 0 Å². The zero-order chi connectivity index (χ0) is 13.7. The Bertz CT molecular complexity index is 347. The molecule has 1 aliphatic rings. The molecule has 1 saturated heterocycles. The second kappa shape index (κ2) is 6.58. The number of rotatable bonds is 5. The van der Waals surface area contributed by atoms with Gasteiger partial charge in [-0.15, -0.1) is 0 Å². The molecule has 1 aliphatic heterocycles. The van der Waals surface area contributed by atoms with Crippen LogP contribution in [-0.4, -0.2) is 31.1 Å². The van der Waals surface area contributed by atoms with E-state index in [1.165, 1.54) is 32.4 Å². The lowest BCUT2D eigenvalue weighted by Gasteiger charge is -2.34. The van der Waals surface area contributed by atoms with Crippen LogP contribution < -0.4 is 5.32 Å². The quantitative estimate of drug-likeness (QED) is 0.883. The van der Waals surface area contributed by atoms with E-state index in [0.29, 0.717) is 11.5 Å². The molecule has 2 rings (SSSR count). The molecule has 1 fully saturated rings. The minimum atomic E-state index is 0.329. The summed E-state index contributed by atoms with van der Waals surface area (Å²) in [5, 5.41) is 3.61. The largest absolute Gasteiger partial charge is 0.468 e. The monoisotopic (exact) mass is 264 g/mol. The van der Waals surface area contributed by atoms with Crippen LogP contribution in [0.4, 0.5) is 0 Å². The van der Waals surface area contributed by atoms with E-state index in [9.17, 15) is 0 Å². The molecule has 0 amide bonds. The van der Waals surface area contributed by atoms with E-state index < -0.39 is 0 Å². The molecule has 1 aromatic rings. The summed E-state index contributed by atoms with van der Waals surface area (Å²) in [5.41, 5.74) is 0.329. The lowest BCUT2D eigenvalue weighted by molar-refractivity contribution is 0.140. The molecular formula is C16H28N2O. The lowest BCUT2D eigenvalue weighted by Crippen LogP contribution is -2.40. The van der Waals surface area contributed by atoms with Crippen molar-refractivity contribution in [2.75, 3.05) is 26.2 Å². The molecule has 1 unspecified atom stereocenters. The molecule has 0 spiro atoms. The number of furan rings is 1. The first-order valence-electron chi connectivity index (χ1n) is 7.54. The Balaban J connectivity index is 1.94. The Kier molecular flexibility index (Phi) is 5.06. The predicted molar refractivity (Wildman–Crippen MR) is 79.2 cm³/mol. The molecule has 0 radical (unpaired) electrons. The SMILES string of the molecule is CC(C)(C)CNCC(c1ccco1)N1CCCCC1. The summed E-state index contributed by atoms with van der Waals surface area (Å²) in [7, 11) is 0. The van der Waals surface area contributed by atoms with Crippen molar-refractivity contribution < 1.29 is 4.42 Å². The van der Waals surface area contributed by atoms with Crippen LogP contribution in [0.15, 0.2) is 22.8 Å². The number of nitrogens with one attached hydrogen (secondary N) is 1. The third-order valence-electron chi connectivity index (χ3n) is 3.70. The van der Waals surface area contributed by atoms with Gasteiger partial charge in [-0.1, -0.05) is 27.2 Å². The maximum absolute atomic E-state index is 5.65. The van der Waals surface area contributed by atoms with Crippen molar-refractivity contribution in [2.24, 2.45) is 5.41 Å². The van der Waals surface area contributed by atoms with Crippen molar-refractivity contribution >= 4 is 0 Å². The standard InChI is InChI=1S/C16H28N2O/c1-16(2,3)13-17-12-14(15-8-7-11-19-15)18-9-5-4-6-10-18/h7-8,11,14,17H,4-6,9-10,12-13H2,1-3H3. The normalized spacial score (nSPS) is 19.5. The maximum atomic E-state index is 5.65. The van der Waals surface area contributed by atoms with Crippen LogP contribution in [0, 0.1) is 5.41 Å². The number of likely N-dealkylation sites (tertiary alicyclic amines) is 1. The van der Waals surface area contributed by atoms with E-state index in [-0.39, 0.29) is 0 Å².